The van der Waals surface area contributed by atoms with Crippen molar-refractivity contribution in [3.63, 3.8) is 0 Å². The molecule has 1 aliphatic heterocycles. The second-order valence-electron chi connectivity index (χ2n) is 7.98. The highest BCUT2D eigenvalue weighted by molar-refractivity contribution is 6.51. The highest BCUT2D eigenvalue weighted by Crippen LogP contribution is 2.43. The van der Waals surface area contributed by atoms with Gasteiger partial charge in [-0.15, -0.1) is 0 Å². The topological polar surface area (TPSA) is 66.8 Å². The van der Waals surface area contributed by atoms with E-state index in [2.05, 4.69) is 0 Å². The number of carbonyl (C=O) groups is 2. The van der Waals surface area contributed by atoms with Crippen molar-refractivity contribution in [2.45, 2.75) is 6.04 Å². The molecule has 5 nitrogen and oxygen atoms in total. The highest BCUT2D eigenvalue weighted by atomic mass is 19.1. The number of nitrogens with zero attached hydrogens (tertiary/aromatic N) is 1. The van der Waals surface area contributed by atoms with Crippen molar-refractivity contribution in [3.05, 3.63) is 114 Å². The summed E-state index contributed by atoms with van der Waals surface area (Å²) in [6.07, 6.45) is 0. The quantitative estimate of drug-likeness (QED) is 0.248. The average molecular weight is 453 g/mol. The molecule has 5 rings (SSSR count). The van der Waals surface area contributed by atoms with E-state index < -0.39 is 23.5 Å². The van der Waals surface area contributed by atoms with Crippen LogP contribution in [0, 0.1) is 5.82 Å². The lowest BCUT2D eigenvalue weighted by atomic mass is 9.94. The maximum atomic E-state index is 13.6. The van der Waals surface area contributed by atoms with Crippen LogP contribution in [0.25, 0.3) is 16.5 Å². The van der Waals surface area contributed by atoms with Crippen LogP contribution in [0.5, 0.6) is 5.75 Å². The van der Waals surface area contributed by atoms with Crippen LogP contribution in [0.1, 0.15) is 17.2 Å². The predicted octanol–water partition coefficient (Wildman–Crippen LogP) is 5.61. The lowest BCUT2D eigenvalue weighted by Crippen LogP contribution is -2.29. The number of benzene rings is 4. The molecule has 1 saturated heterocycles. The molecule has 34 heavy (non-hydrogen) atoms. The molecule has 1 amide bonds. The van der Waals surface area contributed by atoms with Crippen LogP contribution in [0.3, 0.4) is 0 Å². The summed E-state index contributed by atoms with van der Waals surface area (Å²) in [6.45, 7) is 0. The van der Waals surface area contributed by atoms with Gasteiger partial charge in [-0.2, -0.15) is 0 Å². The van der Waals surface area contributed by atoms with Crippen molar-refractivity contribution >= 4 is 33.9 Å². The van der Waals surface area contributed by atoms with Gasteiger partial charge in [-0.25, -0.2) is 4.39 Å². The van der Waals surface area contributed by atoms with Crippen LogP contribution in [0.4, 0.5) is 10.1 Å². The van der Waals surface area contributed by atoms with Gasteiger partial charge >= 0.3 is 0 Å². The number of rotatable bonds is 4. The van der Waals surface area contributed by atoms with E-state index in [0.717, 1.165) is 10.8 Å². The Morgan fingerprint density at radius 3 is 2.35 bits per heavy atom. The van der Waals surface area contributed by atoms with Gasteiger partial charge in [0.2, 0.25) is 0 Å². The molecule has 1 fully saturated rings. The number of amides is 1. The molecule has 1 heterocycles. The minimum atomic E-state index is -0.924. The van der Waals surface area contributed by atoms with Crippen molar-refractivity contribution in [2.24, 2.45) is 0 Å². The molecule has 0 aliphatic carbocycles. The monoisotopic (exact) mass is 453 g/mol. The molecule has 1 unspecified atom stereocenters. The minimum Gasteiger partial charge on any atom is -0.507 e. The lowest BCUT2D eigenvalue weighted by molar-refractivity contribution is -0.132. The van der Waals surface area contributed by atoms with Crippen molar-refractivity contribution in [2.75, 3.05) is 12.0 Å². The second kappa shape index (κ2) is 8.48. The maximum absolute atomic E-state index is 13.6. The fourth-order valence-electron chi connectivity index (χ4n) is 4.32. The standard InChI is InChI=1S/C28H20FNO4/c1-34-23-8-4-7-19(16-23)25-24(26(31)20-10-9-17-5-2-3-6-18(17)15-20)27(32)28(33)30(25)22-13-11-21(29)12-14-22/h2-16,25,31H,1H3/b26-24-. The number of halogens is 1. The Bertz CT molecular complexity index is 1460. The number of aliphatic hydroxyl groups excluding tert-OH is 1. The number of ketones is 1. The molecule has 0 radical (unpaired) electrons. The SMILES string of the molecule is COc1cccc(C2/C(=C(/O)c3ccc4ccccc4c3)C(=O)C(=O)N2c2ccc(F)cc2)c1. The third-order valence-electron chi connectivity index (χ3n) is 5.98. The molecule has 6 heteroatoms. The number of Topliss-reactive ketones (excluding diaryl/α,β-unsaturated/α-hetero) is 1. The van der Waals surface area contributed by atoms with E-state index in [1.54, 1.807) is 36.4 Å². The number of ether oxygens (including phenoxy) is 1. The molecule has 0 aromatic heterocycles. The van der Waals surface area contributed by atoms with Gasteiger partial charge in [0.1, 0.15) is 17.3 Å². The number of aliphatic hydroxyl groups is 1. The Morgan fingerprint density at radius 1 is 0.882 bits per heavy atom. The van der Waals surface area contributed by atoms with Gasteiger partial charge in [0, 0.05) is 11.3 Å². The first-order valence-electron chi connectivity index (χ1n) is 10.7. The van der Waals surface area contributed by atoms with Crippen molar-refractivity contribution in [1.29, 1.82) is 0 Å². The van der Waals surface area contributed by atoms with Crippen molar-refractivity contribution in [3.8, 4) is 5.75 Å². The van der Waals surface area contributed by atoms with E-state index >= 15 is 0 Å². The Labute approximate surface area is 195 Å². The largest absolute Gasteiger partial charge is 0.507 e. The van der Waals surface area contributed by atoms with Crippen LogP contribution >= 0.6 is 0 Å². The highest BCUT2D eigenvalue weighted by Gasteiger charge is 2.47. The molecule has 1 atom stereocenters. The van der Waals surface area contributed by atoms with Gasteiger partial charge in [0.05, 0.1) is 18.7 Å². The summed E-state index contributed by atoms with van der Waals surface area (Å²) < 4.78 is 18.9. The molecule has 4 aromatic rings. The van der Waals surface area contributed by atoms with Crippen LogP contribution in [0.2, 0.25) is 0 Å². The first-order valence-corrected chi connectivity index (χ1v) is 10.7. The summed E-state index contributed by atoms with van der Waals surface area (Å²) in [6, 6.07) is 24.3. The number of hydrogen-bond acceptors (Lipinski definition) is 4. The first kappa shape index (κ1) is 21.4. The van der Waals surface area contributed by atoms with Crippen molar-refractivity contribution in [1.82, 2.24) is 0 Å². The van der Waals surface area contributed by atoms with E-state index in [0.29, 0.717) is 22.6 Å². The summed E-state index contributed by atoms with van der Waals surface area (Å²) >= 11 is 0. The molecule has 0 bridgehead atoms. The Kier molecular flexibility index (Phi) is 5.34. The summed E-state index contributed by atoms with van der Waals surface area (Å²) in [7, 11) is 1.52. The number of methoxy groups -OCH3 is 1. The fourth-order valence-corrected chi connectivity index (χ4v) is 4.32. The molecular formula is C28H20FNO4. The maximum Gasteiger partial charge on any atom is 0.300 e. The zero-order valence-corrected chi connectivity index (χ0v) is 18.2. The number of fused-ring (bicyclic) bond motifs is 1. The number of anilines is 1. The Hall–Kier alpha value is -4.45. The Morgan fingerprint density at radius 2 is 1.62 bits per heavy atom. The summed E-state index contributed by atoms with van der Waals surface area (Å²) in [5.41, 5.74) is 1.29. The normalized spacial score (nSPS) is 17.4. The smallest absolute Gasteiger partial charge is 0.300 e. The van der Waals surface area contributed by atoms with Crippen LogP contribution in [-0.2, 0) is 9.59 Å². The molecule has 0 saturated carbocycles. The Balaban J connectivity index is 1.73. The summed E-state index contributed by atoms with van der Waals surface area (Å²) in [5, 5.41) is 13.2. The predicted molar refractivity (Wildman–Crippen MR) is 128 cm³/mol. The molecule has 0 spiro atoms. The first-order chi connectivity index (χ1) is 16.5. The van der Waals surface area contributed by atoms with Gasteiger partial charge in [-0.1, -0.05) is 48.5 Å². The molecule has 1 aliphatic rings. The van der Waals surface area contributed by atoms with Crippen molar-refractivity contribution < 1.29 is 23.8 Å². The number of hydrogen-bond donors (Lipinski definition) is 1. The lowest BCUT2D eigenvalue weighted by Gasteiger charge is -2.25. The van der Waals surface area contributed by atoms with E-state index in [4.69, 9.17) is 4.74 Å². The zero-order chi connectivity index (χ0) is 23.8. The van der Waals surface area contributed by atoms with E-state index in [1.807, 2.05) is 30.3 Å². The second-order valence-corrected chi connectivity index (χ2v) is 7.98. The van der Waals surface area contributed by atoms with Gasteiger partial charge in [0.25, 0.3) is 11.7 Å². The molecule has 168 valence electrons. The van der Waals surface area contributed by atoms with Crippen LogP contribution in [0.15, 0.2) is 96.6 Å². The molecule has 4 aromatic carbocycles. The third-order valence-corrected chi connectivity index (χ3v) is 5.98. The van der Waals surface area contributed by atoms with Crippen LogP contribution < -0.4 is 9.64 Å². The zero-order valence-electron chi connectivity index (χ0n) is 18.2. The molecular weight excluding hydrogens is 433 g/mol. The van der Waals surface area contributed by atoms with E-state index in [9.17, 15) is 19.1 Å². The average Bonchev–Trinajstić information content (AvgIpc) is 3.14. The third kappa shape index (κ3) is 3.59. The van der Waals surface area contributed by atoms with E-state index in [-0.39, 0.29) is 11.3 Å². The van der Waals surface area contributed by atoms with E-state index in [1.165, 1.54) is 36.3 Å². The summed E-state index contributed by atoms with van der Waals surface area (Å²) in [4.78, 5) is 27.7. The van der Waals surface area contributed by atoms with Gasteiger partial charge < -0.3 is 9.84 Å². The van der Waals surface area contributed by atoms with Crippen LogP contribution in [-0.4, -0.2) is 23.9 Å². The van der Waals surface area contributed by atoms with Gasteiger partial charge in [0.15, 0.2) is 0 Å². The van der Waals surface area contributed by atoms with Gasteiger partial charge in [-0.05, 0) is 58.8 Å². The van der Waals surface area contributed by atoms with Gasteiger partial charge in [-0.3, -0.25) is 14.5 Å². The number of carbonyl (C=O) groups excluding carboxylic acids is 2. The molecule has 1 N–H and O–H groups in total. The summed E-state index contributed by atoms with van der Waals surface area (Å²) in [5.74, 6) is -1.83. The minimum absolute atomic E-state index is 0.0436. The fraction of sp³-hybridized carbons (Fsp3) is 0.0714.